The highest BCUT2D eigenvalue weighted by molar-refractivity contribution is 7.71. The number of nitrogens with one attached hydrogen (secondary N) is 1. The lowest BCUT2D eigenvalue weighted by Gasteiger charge is -2.05. The number of H-pyrrole nitrogens is 1. The van der Waals surface area contributed by atoms with E-state index in [9.17, 15) is 0 Å². The van der Waals surface area contributed by atoms with Gasteiger partial charge in [-0.2, -0.15) is 5.10 Å². The van der Waals surface area contributed by atoms with Crippen LogP contribution >= 0.6 is 12.2 Å². The van der Waals surface area contributed by atoms with Crippen molar-refractivity contribution in [3.05, 3.63) is 28.7 Å². The van der Waals surface area contributed by atoms with Gasteiger partial charge in [0.2, 0.25) is 0 Å². The van der Waals surface area contributed by atoms with Crippen LogP contribution in [0.4, 0.5) is 0 Å². The number of aromatic nitrogens is 4. The fraction of sp³-hybridized carbons (Fsp3) is 0.364. The van der Waals surface area contributed by atoms with Gasteiger partial charge in [0.05, 0.1) is 13.2 Å². The quantitative estimate of drug-likeness (QED) is 0.843. The predicted octanol–water partition coefficient (Wildman–Crippen LogP) is 1.96. The molecule has 0 saturated heterocycles. The smallest absolute Gasteiger partial charge is 0.195 e. The number of nitrogens with zero attached hydrogens (tertiary/aromatic N) is 3. The molecule has 2 rings (SSSR count). The predicted molar refractivity (Wildman–Crippen MR) is 67.3 cm³/mol. The van der Waals surface area contributed by atoms with Crippen LogP contribution in [0.25, 0.3) is 11.5 Å². The number of hydrogen-bond donors (Lipinski definition) is 1. The Morgan fingerprint density at radius 1 is 1.47 bits per heavy atom. The van der Waals surface area contributed by atoms with Crippen molar-refractivity contribution in [3.63, 3.8) is 0 Å². The van der Waals surface area contributed by atoms with E-state index < -0.39 is 0 Å². The van der Waals surface area contributed by atoms with Crippen LogP contribution < -0.4 is 0 Å². The molecule has 17 heavy (non-hydrogen) atoms. The van der Waals surface area contributed by atoms with Crippen molar-refractivity contribution < 1.29 is 4.74 Å². The van der Waals surface area contributed by atoms with Crippen LogP contribution in [-0.2, 0) is 11.3 Å². The molecule has 6 heteroatoms. The summed E-state index contributed by atoms with van der Waals surface area (Å²) in [5, 5.41) is 6.99. The summed E-state index contributed by atoms with van der Waals surface area (Å²) in [6.07, 6.45) is 0. The van der Waals surface area contributed by atoms with Crippen LogP contribution in [0.1, 0.15) is 5.69 Å². The van der Waals surface area contributed by atoms with Crippen molar-refractivity contribution in [2.45, 2.75) is 13.5 Å². The molecule has 0 atom stereocenters. The van der Waals surface area contributed by atoms with Gasteiger partial charge in [-0.3, -0.25) is 9.67 Å². The fourth-order valence-corrected chi connectivity index (χ4v) is 1.79. The minimum absolute atomic E-state index is 0.584. The number of aryl methyl sites for hydroxylation is 1. The maximum atomic E-state index is 5.18. The number of pyridine rings is 1. The summed E-state index contributed by atoms with van der Waals surface area (Å²) in [5.41, 5.74) is 1.77. The summed E-state index contributed by atoms with van der Waals surface area (Å²) in [7, 11) is 1.66. The highest BCUT2D eigenvalue weighted by atomic mass is 32.1. The molecule has 2 aromatic heterocycles. The van der Waals surface area contributed by atoms with Crippen molar-refractivity contribution in [2.24, 2.45) is 0 Å². The van der Waals surface area contributed by atoms with Gasteiger partial charge in [-0.15, -0.1) is 0 Å². The third-order valence-electron chi connectivity index (χ3n) is 2.39. The zero-order chi connectivity index (χ0) is 12.3. The van der Waals surface area contributed by atoms with Crippen molar-refractivity contribution in [1.29, 1.82) is 0 Å². The van der Waals surface area contributed by atoms with Gasteiger partial charge < -0.3 is 4.74 Å². The molecule has 0 bridgehead atoms. The third-order valence-corrected chi connectivity index (χ3v) is 2.71. The Bertz CT molecular complexity index is 561. The van der Waals surface area contributed by atoms with E-state index in [1.807, 2.05) is 29.7 Å². The largest absolute Gasteiger partial charge is 0.383 e. The van der Waals surface area contributed by atoms with Crippen LogP contribution in [-0.4, -0.2) is 33.5 Å². The molecule has 0 unspecified atom stereocenters. The van der Waals surface area contributed by atoms with Gasteiger partial charge in [0.1, 0.15) is 5.69 Å². The summed E-state index contributed by atoms with van der Waals surface area (Å²) in [6, 6.07) is 5.82. The topological polar surface area (TPSA) is 55.7 Å². The molecule has 0 radical (unpaired) electrons. The van der Waals surface area contributed by atoms with E-state index in [1.54, 1.807) is 7.11 Å². The molecule has 0 saturated carbocycles. The van der Waals surface area contributed by atoms with E-state index in [4.69, 9.17) is 17.0 Å². The molecule has 0 spiro atoms. The molecule has 1 N–H and O–H groups in total. The van der Waals surface area contributed by atoms with Crippen molar-refractivity contribution in [1.82, 2.24) is 19.7 Å². The number of aromatic amines is 1. The van der Waals surface area contributed by atoms with Gasteiger partial charge in [0.25, 0.3) is 0 Å². The zero-order valence-electron chi connectivity index (χ0n) is 9.80. The Kier molecular flexibility index (Phi) is 3.65. The first-order chi connectivity index (χ1) is 8.22. The molecular formula is C11H14N4OS. The molecule has 90 valence electrons. The molecule has 0 aliphatic carbocycles. The Labute approximate surface area is 104 Å². The van der Waals surface area contributed by atoms with Crippen LogP contribution in [0.5, 0.6) is 0 Å². The van der Waals surface area contributed by atoms with Crippen LogP contribution in [0, 0.1) is 11.7 Å². The second-order valence-electron chi connectivity index (χ2n) is 3.66. The minimum atomic E-state index is 0.584. The molecule has 0 aliphatic heterocycles. The lowest BCUT2D eigenvalue weighted by Crippen LogP contribution is -2.06. The van der Waals surface area contributed by atoms with E-state index in [0.717, 1.165) is 17.2 Å². The van der Waals surface area contributed by atoms with Gasteiger partial charge >= 0.3 is 0 Å². The van der Waals surface area contributed by atoms with Gasteiger partial charge in [-0.05, 0) is 31.3 Å². The summed E-state index contributed by atoms with van der Waals surface area (Å²) < 4.78 is 7.53. The molecule has 2 aromatic rings. The number of rotatable bonds is 4. The number of hydrogen-bond acceptors (Lipinski definition) is 4. The lowest BCUT2D eigenvalue weighted by molar-refractivity contribution is 0.187. The lowest BCUT2D eigenvalue weighted by atomic mass is 10.3. The monoisotopic (exact) mass is 250 g/mol. The van der Waals surface area contributed by atoms with Gasteiger partial charge in [0, 0.05) is 12.8 Å². The zero-order valence-corrected chi connectivity index (χ0v) is 10.6. The van der Waals surface area contributed by atoms with Crippen molar-refractivity contribution in [2.75, 3.05) is 13.7 Å². The molecule has 2 heterocycles. The average Bonchev–Trinajstić information content (AvgIpc) is 2.68. The highest BCUT2D eigenvalue weighted by Crippen LogP contribution is 2.14. The van der Waals surface area contributed by atoms with E-state index in [2.05, 4.69) is 15.2 Å². The molecule has 0 aromatic carbocycles. The Morgan fingerprint density at radius 2 is 2.29 bits per heavy atom. The molecular weight excluding hydrogens is 236 g/mol. The van der Waals surface area contributed by atoms with E-state index in [-0.39, 0.29) is 0 Å². The van der Waals surface area contributed by atoms with Crippen molar-refractivity contribution in [3.8, 4) is 11.5 Å². The average molecular weight is 250 g/mol. The summed E-state index contributed by atoms with van der Waals surface area (Å²) in [5.74, 6) is 0.746. The summed E-state index contributed by atoms with van der Waals surface area (Å²) in [4.78, 5) is 4.44. The van der Waals surface area contributed by atoms with E-state index in [1.165, 1.54) is 0 Å². The Morgan fingerprint density at radius 3 is 3.00 bits per heavy atom. The van der Waals surface area contributed by atoms with E-state index >= 15 is 0 Å². The van der Waals surface area contributed by atoms with Gasteiger partial charge in [-0.1, -0.05) is 6.07 Å². The van der Waals surface area contributed by atoms with Gasteiger partial charge in [-0.25, -0.2) is 4.98 Å². The summed E-state index contributed by atoms with van der Waals surface area (Å²) >= 11 is 5.18. The van der Waals surface area contributed by atoms with Crippen LogP contribution in [0.15, 0.2) is 18.2 Å². The Balaban J connectivity index is 2.42. The molecule has 0 fully saturated rings. The van der Waals surface area contributed by atoms with Crippen LogP contribution in [0.2, 0.25) is 0 Å². The minimum Gasteiger partial charge on any atom is -0.383 e. The first kappa shape index (κ1) is 11.9. The first-order valence-corrected chi connectivity index (χ1v) is 5.71. The maximum absolute atomic E-state index is 5.18. The molecule has 0 amide bonds. The summed E-state index contributed by atoms with van der Waals surface area (Å²) in [6.45, 7) is 3.20. The highest BCUT2D eigenvalue weighted by Gasteiger charge is 2.09. The first-order valence-electron chi connectivity index (χ1n) is 5.30. The number of methoxy groups -OCH3 is 1. The normalized spacial score (nSPS) is 10.7. The van der Waals surface area contributed by atoms with Gasteiger partial charge in [0.15, 0.2) is 10.6 Å². The SMILES string of the molecule is COCCn1c(-c2cccc(C)n2)n[nH]c1=S. The van der Waals surface area contributed by atoms with E-state index in [0.29, 0.717) is 17.9 Å². The maximum Gasteiger partial charge on any atom is 0.195 e. The number of ether oxygens (including phenoxy) is 1. The second kappa shape index (κ2) is 5.20. The standard InChI is InChI=1S/C11H14N4OS/c1-8-4-3-5-9(12-8)10-13-14-11(17)15(10)6-7-16-2/h3-5H,6-7H2,1-2H3,(H,14,17). The van der Waals surface area contributed by atoms with Crippen molar-refractivity contribution >= 4 is 12.2 Å². The Hall–Kier alpha value is -1.53. The third kappa shape index (κ3) is 2.59. The molecule has 5 nitrogen and oxygen atoms in total. The van der Waals surface area contributed by atoms with Crippen LogP contribution in [0.3, 0.4) is 0 Å². The molecule has 0 aliphatic rings. The fourth-order valence-electron chi connectivity index (χ4n) is 1.57. The second-order valence-corrected chi connectivity index (χ2v) is 4.05.